The fourth-order valence-corrected chi connectivity index (χ4v) is 2.17. The van der Waals surface area contributed by atoms with E-state index in [-0.39, 0.29) is 17.7 Å². The maximum Gasteiger partial charge on any atom is 0.302 e. The first-order chi connectivity index (χ1) is 8.40. The van der Waals surface area contributed by atoms with Crippen molar-refractivity contribution >= 4 is 17.7 Å². The first-order valence-electron chi connectivity index (χ1n) is 5.54. The predicted octanol–water partition coefficient (Wildman–Crippen LogP) is 2.33. The van der Waals surface area contributed by atoms with Gasteiger partial charge in [-0.3, -0.25) is 4.79 Å². The van der Waals surface area contributed by atoms with Crippen molar-refractivity contribution < 1.29 is 19.0 Å². The minimum Gasteiger partial charge on any atom is -0.462 e. The van der Waals surface area contributed by atoms with Gasteiger partial charge in [0.05, 0.1) is 0 Å². The largest absolute Gasteiger partial charge is 0.462 e. The van der Waals surface area contributed by atoms with E-state index in [0.717, 1.165) is 0 Å². The molecule has 0 heterocycles. The van der Waals surface area contributed by atoms with Crippen molar-refractivity contribution in [2.45, 2.75) is 24.7 Å². The zero-order valence-electron chi connectivity index (χ0n) is 10.6. The van der Waals surface area contributed by atoms with Gasteiger partial charge >= 0.3 is 5.97 Å². The molecule has 3 nitrogen and oxygen atoms in total. The fraction of sp³-hybridized carbons (Fsp3) is 0.462. The van der Waals surface area contributed by atoms with Gasteiger partial charge < -0.3 is 9.84 Å². The molecule has 1 aromatic rings. The Bertz CT molecular complexity index is 407. The highest BCUT2D eigenvalue weighted by Crippen LogP contribution is 2.32. The van der Waals surface area contributed by atoms with Crippen LogP contribution >= 0.6 is 11.8 Å². The number of halogens is 1. The topological polar surface area (TPSA) is 46.5 Å². The zero-order valence-corrected chi connectivity index (χ0v) is 11.5. The Kier molecular flexibility index (Phi) is 5.16. The summed E-state index contributed by atoms with van der Waals surface area (Å²) in [6.45, 7) is 2.97. The van der Waals surface area contributed by atoms with E-state index >= 15 is 0 Å². The van der Waals surface area contributed by atoms with Gasteiger partial charge in [-0.05, 0) is 24.0 Å². The van der Waals surface area contributed by atoms with Gasteiger partial charge in [-0.2, -0.15) is 11.8 Å². The zero-order chi connectivity index (χ0) is 13.8. The molecule has 0 aliphatic carbocycles. The summed E-state index contributed by atoms with van der Waals surface area (Å²) >= 11 is 1.45. The Morgan fingerprint density at radius 2 is 2.06 bits per heavy atom. The lowest BCUT2D eigenvalue weighted by molar-refractivity contribution is -0.149. The van der Waals surface area contributed by atoms with Crippen LogP contribution in [0, 0.1) is 5.82 Å². The number of esters is 1. The number of carbonyl (C=O) groups is 1. The van der Waals surface area contributed by atoms with Crippen LogP contribution in [0.25, 0.3) is 0 Å². The van der Waals surface area contributed by atoms with Crippen LogP contribution in [0.15, 0.2) is 24.3 Å². The predicted molar refractivity (Wildman–Crippen MR) is 69.9 cm³/mol. The van der Waals surface area contributed by atoms with Crippen molar-refractivity contribution in [3.63, 3.8) is 0 Å². The second-order valence-corrected chi connectivity index (χ2v) is 5.27. The summed E-state index contributed by atoms with van der Waals surface area (Å²) < 4.78 is 17.8. The molecule has 0 bridgehead atoms. The highest BCUT2D eigenvalue weighted by atomic mass is 32.2. The Labute approximate surface area is 110 Å². The second-order valence-electron chi connectivity index (χ2n) is 4.09. The van der Waals surface area contributed by atoms with Crippen LogP contribution in [0.5, 0.6) is 0 Å². The van der Waals surface area contributed by atoms with Crippen LogP contribution in [-0.4, -0.2) is 29.2 Å². The van der Waals surface area contributed by atoms with Crippen molar-refractivity contribution in [2.75, 3.05) is 12.9 Å². The average molecular weight is 272 g/mol. The maximum atomic E-state index is 12.9. The van der Waals surface area contributed by atoms with Gasteiger partial charge in [0.2, 0.25) is 0 Å². The summed E-state index contributed by atoms with van der Waals surface area (Å²) in [7, 11) is 0. The number of ether oxygens (including phenoxy) is 1. The number of carbonyl (C=O) groups excluding carboxylic acids is 1. The Morgan fingerprint density at radius 3 is 2.50 bits per heavy atom. The van der Waals surface area contributed by atoms with E-state index < -0.39 is 11.6 Å². The Morgan fingerprint density at radius 1 is 1.50 bits per heavy atom. The Balaban J connectivity index is 3.03. The van der Waals surface area contributed by atoms with E-state index in [4.69, 9.17) is 4.74 Å². The molecule has 0 fully saturated rings. The van der Waals surface area contributed by atoms with Crippen molar-refractivity contribution in [3.05, 3.63) is 35.6 Å². The summed E-state index contributed by atoms with van der Waals surface area (Å²) in [6.07, 6.45) is 1.85. The molecule has 0 aliphatic heterocycles. The van der Waals surface area contributed by atoms with Crippen molar-refractivity contribution in [2.24, 2.45) is 0 Å². The van der Waals surface area contributed by atoms with E-state index in [9.17, 15) is 14.3 Å². The summed E-state index contributed by atoms with van der Waals surface area (Å²) in [4.78, 5) is 10.9. The summed E-state index contributed by atoms with van der Waals surface area (Å²) in [5.41, 5.74) is -0.786. The molecule has 0 saturated heterocycles. The molecule has 0 radical (unpaired) electrons. The van der Waals surface area contributed by atoms with Crippen LogP contribution in [-0.2, 0) is 15.1 Å². The van der Waals surface area contributed by atoms with Gasteiger partial charge in [-0.15, -0.1) is 0 Å². The molecule has 2 atom stereocenters. The van der Waals surface area contributed by atoms with Gasteiger partial charge in [-0.25, -0.2) is 4.39 Å². The molecule has 0 aromatic heterocycles. The number of hydrogen-bond acceptors (Lipinski definition) is 4. The summed E-state index contributed by atoms with van der Waals surface area (Å²) in [6, 6.07) is 5.57. The number of benzene rings is 1. The van der Waals surface area contributed by atoms with E-state index in [1.165, 1.54) is 43.0 Å². The highest BCUT2D eigenvalue weighted by Gasteiger charge is 2.36. The SMILES string of the molecule is CS[C@H](C)[C@@](O)(COC(C)=O)c1ccc(F)cc1. The monoisotopic (exact) mass is 272 g/mol. The van der Waals surface area contributed by atoms with Crippen LogP contribution in [0.1, 0.15) is 19.4 Å². The maximum absolute atomic E-state index is 12.9. The molecule has 1 rings (SSSR count). The van der Waals surface area contributed by atoms with E-state index in [1.54, 1.807) is 0 Å². The summed E-state index contributed by atoms with van der Waals surface area (Å²) in [5.74, 6) is -0.825. The molecule has 5 heteroatoms. The van der Waals surface area contributed by atoms with E-state index in [0.29, 0.717) is 5.56 Å². The van der Waals surface area contributed by atoms with Gasteiger partial charge in [0, 0.05) is 12.2 Å². The van der Waals surface area contributed by atoms with Crippen LogP contribution in [0.2, 0.25) is 0 Å². The van der Waals surface area contributed by atoms with Crippen LogP contribution in [0.4, 0.5) is 4.39 Å². The molecule has 100 valence electrons. The standard InChI is InChI=1S/C13H17FO3S/c1-9(18-3)13(16,8-17-10(2)15)11-4-6-12(14)7-5-11/h4-7,9,16H,8H2,1-3H3/t9-,13+/m1/s1. The normalized spacial score (nSPS) is 15.8. The van der Waals surface area contributed by atoms with Crippen LogP contribution in [0.3, 0.4) is 0 Å². The number of aliphatic hydroxyl groups is 1. The second kappa shape index (κ2) is 6.20. The molecule has 0 aliphatic rings. The third kappa shape index (κ3) is 3.46. The number of hydrogen-bond donors (Lipinski definition) is 1. The van der Waals surface area contributed by atoms with Crippen molar-refractivity contribution in [1.29, 1.82) is 0 Å². The van der Waals surface area contributed by atoms with Crippen molar-refractivity contribution in [3.8, 4) is 0 Å². The van der Waals surface area contributed by atoms with Crippen molar-refractivity contribution in [1.82, 2.24) is 0 Å². The van der Waals surface area contributed by atoms with Gasteiger partial charge in [0.25, 0.3) is 0 Å². The minimum atomic E-state index is -1.32. The minimum absolute atomic E-state index is 0.143. The third-order valence-corrected chi connectivity index (χ3v) is 3.96. The smallest absolute Gasteiger partial charge is 0.302 e. The fourth-order valence-electron chi connectivity index (χ4n) is 1.58. The molecular weight excluding hydrogens is 255 g/mol. The number of thioether (sulfide) groups is 1. The third-order valence-electron chi connectivity index (χ3n) is 2.87. The van der Waals surface area contributed by atoms with Gasteiger partial charge in [-0.1, -0.05) is 19.1 Å². The molecule has 1 N–H and O–H groups in total. The van der Waals surface area contributed by atoms with E-state index in [2.05, 4.69) is 0 Å². The lowest BCUT2D eigenvalue weighted by Crippen LogP contribution is -2.41. The van der Waals surface area contributed by atoms with Gasteiger partial charge in [0.15, 0.2) is 0 Å². The molecule has 0 saturated carbocycles. The average Bonchev–Trinajstić information content (AvgIpc) is 2.35. The quantitative estimate of drug-likeness (QED) is 0.836. The highest BCUT2D eigenvalue weighted by molar-refractivity contribution is 7.99. The Hall–Kier alpha value is -1.07. The first kappa shape index (κ1) is 15.0. The van der Waals surface area contributed by atoms with Crippen LogP contribution < -0.4 is 0 Å². The lowest BCUT2D eigenvalue weighted by atomic mass is 9.91. The summed E-state index contributed by atoms with van der Waals surface area (Å²) in [5, 5.41) is 10.5. The molecule has 1 aromatic carbocycles. The molecule has 0 spiro atoms. The molecule has 0 unspecified atom stereocenters. The molecular formula is C13H17FO3S. The first-order valence-corrected chi connectivity index (χ1v) is 6.83. The lowest BCUT2D eigenvalue weighted by Gasteiger charge is -2.33. The number of rotatable bonds is 5. The van der Waals surface area contributed by atoms with Gasteiger partial charge in [0.1, 0.15) is 18.0 Å². The molecule has 18 heavy (non-hydrogen) atoms. The molecule has 0 amide bonds. The van der Waals surface area contributed by atoms with E-state index in [1.807, 2.05) is 13.2 Å².